The van der Waals surface area contributed by atoms with Crippen LogP contribution in [0.15, 0.2) is 18.2 Å². The van der Waals surface area contributed by atoms with Crippen molar-refractivity contribution < 1.29 is 14.7 Å². The van der Waals surface area contributed by atoms with E-state index in [0.29, 0.717) is 17.7 Å². The first-order chi connectivity index (χ1) is 9.88. The van der Waals surface area contributed by atoms with E-state index in [4.69, 9.17) is 22.0 Å². The molecule has 2 atom stereocenters. The quantitative estimate of drug-likeness (QED) is 0.778. The van der Waals surface area contributed by atoms with Crippen LogP contribution >= 0.6 is 11.6 Å². The number of amides is 2. The van der Waals surface area contributed by atoms with Crippen LogP contribution in [0.5, 0.6) is 0 Å². The van der Waals surface area contributed by atoms with Gasteiger partial charge in [-0.05, 0) is 24.1 Å². The van der Waals surface area contributed by atoms with Gasteiger partial charge in [-0.1, -0.05) is 31.9 Å². The second-order valence-electron chi connectivity index (χ2n) is 4.61. The Balaban J connectivity index is 2.77. The van der Waals surface area contributed by atoms with Crippen LogP contribution in [0, 0.1) is 17.2 Å². The van der Waals surface area contributed by atoms with Crippen LogP contribution in [0.3, 0.4) is 0 Å². The lowest BCUT2D eigenvalue weighted by Gasteiger charge is -2.20. The third kappa shape index (κ3) is 4.65. The minimum Gasteiger partial charge on any atom is -0.480 e. The molecule has 0 saturated heterocycles. The predicted octanol–water partition coefficient (Wildman–Crippen LogP) is 2.83. The molecule has 0 aliphatic heterocycles. The molecular weight excluding hydrogens is 294 g/mol. The van der Waals surface area contributed by atoms with E-state index in [-0.39, 0.29) is 10.9 Å². The number of carbonyl (C=O) groups is 2. The van der Waals surface area contributed by atoms with E-state index in [1.165, 1.54) is 18.2 Å². The second kappa shape index (κ2) is 7.50. The fourth-order valence-electron chi connectivity index (χ4n) is 1.67. The number of nitrogens with zero attached hydrogens (tertiary/aromatic N) is 1. The molecule has 0 heterocycles. The molecule has 2 unspecified atom stereocenters. The highest BCUT2D eigenvalue weighted by Gasteiger charge is 2.25. The van der Waals surface area contributed by atoms with Gasteiger partial charge >= 0.3 is 12.0 Å². The Kier molecular flexibility index (Phi) is 6.00. The lowest BCUT2D eigenvalue weighted by molar-refractivity contribution is -0.140. The van der Waals surface area contributed by atoms with Gasteiger partial charge in [-0.15, -0.1) is 0 Å². The zero-order valence-corrected chi connectivity index (χ0v) is 12.4. The molecule has 0 saturated carbocycles. The SMILES string of the molecule is CCC(C)C(NC(=O)Nc1ccc(C#N)cc1Cl)C(=O)O. The number of benzene rings is 1. The number of hydrogen-bond acceptors (Lipinski definition) is 3. The van der Waals surface area contributed by atoms with E-state index < -0.39 is 18.0 Å². The molecule has 1 aromatic carbocycles. The number of urea groups is 1. The largest absolute Gasteiger partial charge is 0.480 e. The third-order valence-corrected chi connectivity index (χ3v) is 3.42. The molecule has 0 bridgehead atoms. The van der Waals surface area contributed by atoms with Crippen molar-refractivity contribution in [2.45, 2.75) is 26.3 Å². The van der Waals surface area contributed by atoms with E-state index in [1.54, 1.807) is 6.92 Å². The van der Waals surface area contributed by atoms with Crippen LogP contribution < -0.4 is 10.6 Å². The Morgan fingerprint density at radius 2 is 2.14 bits per heavy atom. The number of halogens is 1. The molecule has 0 aliphatic rings. The number of nitriles is 1. The van der Waals surface area contributed by atoms with Gasteiger partial charge in [0.05, 0.1) is 22.3 Å². The van der Waals surface area contributed by atoms with Crippen LogP contribution in [0.1, 0.15) is 25.8 Å². The molecule has 6 nitrogen and oxygen atoms in total. The summed E-state index contributed by atoms with van der Waals surface area (Å²) in [6, 6.07) is 4.70. The van der Waals surface area contributed by atoms with Gasteiger partial charge in [0.1, 0.15) is 6.04 Å². The number of carbonyl (C=O) groups excluding carboxylic acids is 1. The summed E-state index contributed by atoms with van der Waals surface area (Å²) in [7, 11) is 0. The summed E-state index contributed by atoms with van der Waals surface area (Å²) in [6.07, 6.45) is 0.620. The maximum absolute atomic E-state index is 11.8. The lowest BCUT2D eigenvalue weighted by atomic mass is 9.99. The van der Waals surface area contributed by atoms with Crippen LogP contribution in [0.4, 0.5) is 10.5 Å². The normalized spacial score (nSPS) is 12.9. The number of aliphatic carboxylic acids is 1. The number of rotatable bonds is 5. The van der Waals surface area contributed by atoms with Gasteiger partial charge in [0.15, 0.2) is 0 Å². The smallest absolute Gasteiger partial charge is 0.326 e. The Hall–Kier alpha value is -2.26. The van der Waals surface area contributed by atoms with E-state index in [2.05, 4.69) is 10.6 Å². The maximum atomic E-state index is 11.8. The Labute approximate surface area is 127 Å². The molecular formula is C14H16ClN3O3. The highest BCUT2D eigenvalue weighted by atomic mass is 35.5. The van der Waals surface area contributed by atoms with Crippen LogP contribution in [0.25, 0.3) is 0 Å². The summed E-state index contributed by atoms with van der Waals surface area (Å²) in [6.45, 7) is 3.59. The summed E-state index contributed by atoms with van der Waals surface area (Å²) in [5.74, 6) is -1.30. The molecule has 1 aromatic rings. The number of anilines is 1. The minimum absolute atomic E-state index is 0.204. The monoisotopic (exact) mass is 309 g/mol. The standard InChI is InChI=1S/C14H16ClN3O3/c1-3-8(2)12(13(19)20)18-14(21)17-11-5-4-9(7-16)6-10(11)15/h4-6,8,12H,3H2,1-2H3,(H,19,20)(H2,17,18,21). The van der Waals surface area contributed by atoms with Gasteiger partial charge in [-0.2, -0.15) is 5.26 Å². The highest BCUT2D eigenvalue weighted by molar-refractivity contribution is 6.33. The molecule has 0 aromatic heterocycles. The minimum atomic E-state index is -1.09. The Bertz CT molecular complexity index is 583. The number of nitrogens with one attached hydrogen (secondary N) is 2. The predicted molar refractivity (Wildman–Crippen MR) is 79.2 cm³/mol. The van der Waals surface area contributed by atoms with Crippen molar-refractivity contribution in [2.24, 2.45) is 5.92 Å². The zero-order valence-electron chi connectivity index (χ0n) is 11.7. The second-order valence-corrected chi connectivity index (χ2v) is 5.01. The van der Waals surface area contributed by atoms with Gasteiger partial charge in [-0.25, -0.2) is 9.59 Å². The summed E-state index contributed by atoms with van der Waals surface area (Å²) in [5.41, 5.74) is 0.676. The van der Waals surface area contributed by atoms with Crippen molar-refractivity contribution in [3.05, 3.63) is 28.8 Å². The van der Waals surface area contributed by atoms with Crippen molar-refractivity contribution >= 4 is 29.3 Å². The van der Waals surface area contributed by atoms with E-state index in [9.17, 15) is 9.59 Å². The molecule has 0 aliphatic carbocycles. The molecule has 112 valence electrons. The fourth-order valence-corrected chi connectivity index (χ4v) is 1.90. The fraction of sp³-hybridized carbons (Fsp3) is 0.357. The maximum Gasteiger partial charge on any atom is 0.326 e. The summed E-state index contributed by atoms with van der Waals surface area (Å²) in [4.78, 5) is 23.0. The van der Waals surface area contributed by atoms with Crippen molar-refractivity contribution in [1.29, 1.82) is 5.26 Å². The average molecular weight is 310 g/mol. The van der Waals surface area contributed by atoms with Crippen molar-refractivity contribution in [3.63, 3.8) is 0 Å². The average Bonchev–Trinajstić information content (AvgIpc) is 2.45. The third-order valence-electron chi connectivity index (χ3n) is 3.11. The zero-order chi connectivity index (χ0) is 16.0. The molecule has 3 N–H and O–H groups in total. The number of hydrogen-bond donors (Lipinski definition) is 3. The number of carboxylic acids is 1. The van der Waals surface area contributed by atoms with Gasteiger partial charge in [0.25, 0.3) is 0 Å². The van der Waals surface area contributed by atoms with Gasteiger partial charge in [0, 0.05) is 0 Å². The summed E-state index contributed by atoms with van der Waals surface area (Å²) < 4.78 is 0. The van der Waals surface area contributed by atoms with Crippen LogP contribution in [0.2, 0.25) is 5.02 Å². The van der Waals surface area contributed by atoms with Crippen LogP contribution in [-0.2, 0) is 4.79 Å². The van der Waals surface area contributed by atoms with Crippen LogP contribution in [-0.4, -0.2) is 23.1 Å². The number of carboxylic acid groups (broad SMARTS) is 1. The van der Waals surface area contributed by atoms with Crippen molar-refractivity contribution in [1.82, 2.24) is 5.32 Å². The molecule has 0 radical (unpaired) electrons. The van der Waals surface area contributed by atoms with Crippen molar-refractivity contribution in [2.75, 3.05) is 5.32 Å². The molecule has 7 heteroatoms. The molecule has 21 heavy (non-hydrogen) atoms. The van der Waals surface area contributed by atoms with Gasteiger partial charge in [0.2, 0.25) is 0 Å². The Morgan fingerprint density at radius 1 is 1.48 bits per heavy atom. The van der Waals surface area contributed by atoms with E-state index in [0.717, 1.165) is 0 Å². The summed E-state index contributed by atoms with van der Waals surface area (Å²) >= 11 is 5.93. The van der Waals surface area contributed by atoms with E-state index in [1.807, 2.05) is 13.0 Å². The first kappa shape index (κ1) is 16.8. The molecule has 2 amide bonds. The van der Waals surface area contributed by atoms with E-state index >= 15 is 0 Å². The van der Waals surface area contributed by atoms with Crippen molar-refractivity contribution in [3.8, 4) is 6.07 Å². The lowest BCUT2D eigenvalue weighted by Crippen LogP contribution is -2.46. The molecule has 1 rings (SSSR count). The first-order valence-electron chi connectivity index (χ1n) is 6.39. The topological polar surface area (TPSA) is 102 Å². The van der Waals surface area contributed by atoms with Gasteiger partial charge < -0.3 is 15.7 Å². The first-order valence-corrected chi connectivity index (χ1v) is 6.76. The summed E-state index contributed by atoms with van der Waals surface area (Å²) in [5, 5.41) is 22.9. The highest BCUT2D eigenvalue weighted by Crippen LogP contribution is 2.22. The molecule has 0 spiro atoms. The Morgan fingerprint density at radius 3 is 2.62 bits per heavy atom. The molecule has 0 fully saturated rings. The van der Waals surface area contributed by atoms with Gasteiger partial charge in [-0.3, -0.25) is 0 Å².